The summed E-state index contributed by atoms with van der Waals surface area (Å²) in [5, 5.41) is 7.27. The molecular formula is C13H14BrFN4O2. The zero-order valence-corrected chi connectivity index (χ0v) is 13.1. The smallest absolute Gasteiger partial charge is 0.322 e. The third-order valence-electron chi connectivity index (χ3n) is 3.06. The summed E-state index contributed by atoms with van der Waals surface area (Å²) in [6, 6.07) is 2.52. The molecule has 0 saturated heterocycles. The molecule has 0 aliphatic heterocycles. The minimum atomic E-state index is -0.441. The summed E-state index contributed by atoms with van der Waals surface area (Å²) in [5.74, 6) is -0.121. The fraction of sp³-hybridized carbons (Fsp3) is 0.308. The van der Waals surface area contributed by atoms with Crippen molar-refractivity contribution in [1.82, 2.24) is 15.1 Å². The Balaban J connectivity index is 2.59. The van der Waals surface area contributed by atoms with E-state index < -0.39 is 11.8 Å². The van der Waals surface area contributed by atoms with E-state index in [2.05, 4.69) is 26.3 Å². The molecule has 2 amide bonds. The lowest BCUT2D eigenvalue weighted by molar-refractivity contribution is -0.107. The fourth-order valence-corrected chi connectivity index (χ4v) is 2.38. The Labute approximate surface area is 129 Å². The van der Waals surface area contributed by atoms with E-state index in [1.54, 1.807) is 17.8 Å². The molecule has 2 rings (SSSR count). The first-order valence-corrected chi connectivity index (χ1v) is 7.03. The molecule has 0 fully saturated rings. The van der Waals surface area contributed by atoms with Gasteiger partial charge in [-0.15, -0.1) is 0 Å². The molecule has 1 heterocycles. The van der Waals surface area contributed by atoms with Gasteiger partial charge in [0.15, 0.2) is 5.82 Å². The molecule has 8 heteroatoms. The van der Waals surface area contributed by atoms with Crippen molar-refractivity contribution in [2.75, 3.05) is 18.5 Å². The van der Waals surface area contributed by atoms with Gasteiger partial charge in [-0.25, -0.2) is 9.18 Å². The number of halogens is 2. The van der Waals surface area contributed by atoms with Gasteiger partial charge in [-0.3, -0.25) is 9.58 Å². The van der Waals surface area contributed by atoms with Gasteiger partial charge in [0, 0.05) is 32.4 Å². The number of benzene rings is 1. The van der Waals surface area contributed by atoms with Crippen LogP contribution < -0.4 is 10.2 Å². The van der Waals surface area contributed by atoms with Gasteiger partial charge in [-0.1, -0.05) is 0 Å². The van der Waals surface area contributed by atoms with Crippen LogP contribution >= 0.6 is 15.9 Å². The lowest BCUT2D eigenvalue weighted by Crippen LogP contribution is -2.39. The number of nitrogens with zero attached hydrogens (tertiary/aromatic N) is 3. The number of rotatable bonds is 4. The monoisotopic (exact) mass is 356 g/mol. The minimum absolute atomic E-state index is 0.171. The highest BCUT2D eigenvalue weighted by Crippen LogP contribution is 2.30. The number of amides is 2. The molecule has 1 N–H and O–H groups in total. The molecule has 2 aromatic rings. The Morgan fingerprint density at radius 1 is 1.57 bits per heavy atom. The van der Waals surface area contributed by atoms with Crippen molar-refractivity contribution in [1.29, 1.82) is 0 Å². The number of hydrogen-bond acceptors (Lipinski definition) is 3. The molecule has 0 unspecified atom stereocenters. The van der Waals surface area contributed by atoms with Gasteiger partial charge in [-0.2, -0.15) is 5.10 Å². The summed E-state index contributed by atoms with van der Waals surface area (Å²) in [6.07, 6.45) is 0.892. The zero-order chi connectivity index (χ0) is 15.6. The van der Waals surface area contributed by atoms with Crippen LogP contribution in [0.5, 0.6) is 0 Å². The molecule has 1 aromatic carbocycles. The molecule has 0 atom stereocenters. The summed E-state index contributed by atoms with van der Waals surface area (Å²) in [5.41, 5.74) is 0.679. The Kier molecular flexibility index (Phi) is 4.56. The quantitative estimate of drug-likeness (QED) is 0.854. The Hall–Kier alpha value is -1.96. The number of aromatic nitrogens is 2. The maximum Gasteiger partial charge on any atom is 0.322 e. The molecule has 6 nitrogen and oxygen atoms in total. The maximum atomic E-state index is 13.8. The summed E-state index contributed by atoms with van der Waals surface area (Å²) < 4.78 is 15.7. The van der Waals surface area contributed by atoms with Crippen LogP contribution in [0.4, 0.5) is 15.0 Å². The van der Waals surface area contributed by atoms with Crippen LogP contribution in [0.3, 0.4) is 0 Å². The van der Waals surface area contributed by atoms with E-state index in [1.165, 1.54) is 18.0 Å². The molecule has 0 aliphatic carbocycles. The first-order chi connectivity index (χ1) is 9.99. The van der Waals surface area contributed by atoms with Crippen LogP contribution in [0.1, 0.15) is 6.42 Å². The summed E-state index contributed by atoms with van der Waals surface area (Å²) in [4.78, 5) is 23.9. The highest BCUT2D eigenvalue weighted by molar-refractivity contribution is 9.10. The molecule has 0 radical (unpaired) electrons. The molecule has 0 aliphatic rings. The summed E-state index contributed by atoms with van der Waals surface area (Å²) >= 11 is 3.13. The number of nitrogens with one attached hydrogen (secondary N) is 1. The van der Waals surface area contributed by atoms with Crippen molar-refractivity contribution in [2.45, 2.75) is 6.42 Å². The molecule has 1 aromatic heterocycles. The second-order valence-electron chi connectivity index (χ2n) is 4.39. The highest BCUT2D eigenvalue weighted by Gasteiger charge is 2.21. The van der Waals surface area contributed by atoms with Crippen LogP contribution in [-0.2, 0) is 11.8 Å². The molecule has 0 saturated carbocycles. The Morgan fingerprint density at radius 2 is 2.29 bits per heavy atom. The van der Waals surface area contributed by atoms with E-state index in [0.717, 1.165) is 6.29 Å². The van der Waals surface area contributed by atoms with Gasteiger partial charge in [0.05, 0.1) is 9.99 Å². The second kappa shape index (κ2) is 6.21. The number of aldehydes is 1. The van der Waals surface area contributed by atoms with Gasteiger partial charge >= 0.3 is 6.03 Å². The molecule has 0 bridgehead atoms. The van der Waals surface area contributed by atoms with Crippen LogP contribution in [0.25, 0.3) is 10.9 Å². The van der Waals surface area contributed by atoms with Gasteiger partial charge in [0.2, 0.25) is 0 Å². The average Bonchev–Trinajstić information content (AvgIpc) is 2.76. The van der Waals surface area contributed by atoms with Gasteiger partial charge in [-0.05, 0) is 28.1 Å². The van der Waals surface area contributed by atoms with E-state index in [-0.39, 0.29) is 13.0 Å². The average molecular weight is 357 g/mol. The Bertz CT molecular complexity index is 701. The van der Waals surface area contributed by atoms with Crippen molar-refractivity contribution >= 4 is 45.0 Å². The van der Waals surface area contributed by atoms with Crippen molar-refractivity contribution in [3.05, 3.63) is 22.4 Å². The number of urea groups is 1. The topological polar surface area (TPSA) is 67.2 Å². The highest BCUT2D eigenvalue weighted by atomic mass is 79.9. The van der Waals surface area contributed by atoms with Crippen LogP contribution in [0.2, 0.25) is 0 Å². The second-order valence-corrected chi connectivity index (χ2v) is 5.25. The standard InChI is InChI=1S/C13H14BrFN4O2/c1-16-13(21)19(4-3-5-20)12-8-6-10(15)9(14)7-11(8)18(2)17-12/h5-7H,3-4H2,1-2H3,(H,16,21). The molecule has 0 spiro atoms. The van der Waals surface area contributed by atoms with Gasteiger partial charge < -0.3 is 10.1 Å². The molecule has 112 valence electrons. The van der Waals surface area contributed by atoms with Gasteiger partial charge in [0.25, 0.3) is 0 Å². The Morgan fingerprint density at radius 3 is 2.90 bits per heavy atom. The number of anilines is 1. The summed E-state index contributed by atoms with van der Waals surface area (Å²) in [6.45, 7) is 0.174. The lowest BCUT2D eigenvalue weighted by Gasteiger charge is -2.19. The number of fused-ring (bicyclic) bond motifs is 1. The predicted octanol–water partition coefficient (Wildman–Crippen LogP) is 2.21. The van der Waals surface area contributed by atoms with Crippen molar-refractivity contribution < 1.29 is 14.0 Å². The van der Waals surface area contributed by atoms with Crippen LogP contribution in [0.15, 0.2) is 16.6 Å². The third kappa shape index (κ3) is 2.90. The first-order valence-electron chi connectivity index (χ1n) is 6.24. The van der Waals surface area contributed by atoms with Crippen molar-refractivity contribution in [2.24, 2.45) is 7.05 Å². The SMILES string of the molecule is CNC(=O)N(CCC=O)c1nn(C)c2cc(Br)c(F)cc12. The number of aryl methyl sites for hydroxylation is 1. The van der Waals surface area contributed by atoms with Crippen molar-refractivity contribution in [3.63, 3.8) is 0 Å². The third-order valence-corrected chi connectivity index (χ3v) is 3.67. The van der Waals surface area contributed by atoms with E-state index >= 15 is 0 Å². The van der Waals surface area contributed by atoms with Crippen LogP contribution in [-0.4, -0.2) is 35.7 Å². The number of carbonyl (C=O) groups excluding carboxylic acids is 2. The molecular weight excluding hydrogens is 343 g/mol. The lowest BCUT2D eigenvalue weighted by atomic mass is 10.2. The van der Waals surface area contributed by atoms with E-state index in [4.69, 9.17) is 0 Å². The van der Waals surface area contributed by atoms with Crippen LogP contribution in [0, 0.1) is 5.82 Å². The van der Waals surface area contributed by atoms with E-state index in [0.29, 0.717) is 21.2 Å². The number of hydrogen-bond donors (Lipinski definition) is 1. The predicted molar refractivity (Wildman–Crippen MR) is 80.9 cm³/mol. The van der Waals surface area contributed by atoms with E-state index in [9.17, 15) is 14.0 Å². The molecule has 21 heavy (non-hydrogen) atoms. The van der Waals surface area contributed by atoms with E-state index in [1.807, 2.05) is 0 Å². The van der Waals surface area contributed by atoms with Gasteiger partial charge in [0.1, 0.15) is 12.1 Å². The van der Waals surface area contributed by atoms with Crippen molar-refractivity contribution in [3.8, 4) is 0 Å². The fourth-order valence-electron chi connectivity index (χ4n) is 2.05. The first kappa shape index (κ1) is 15.4. The zero-order valence-electron chi connectivity index (χ0n) is 11.6. The largest absolute Gasteiger partial charge is 0.341 e. The normalized spacial score (nSPS) is 10.7. The summed E-state index contributed by atoms with van der Waals surface area (Å²) in [7, 11) is 3.19. The minimum Gasteiger partial charge on any atom is -0.341 e. The number of carbonyl (C=O) groups is 2. The maximum absolute atomic E-state index is 13.8.